The highest BCUT2D eigenvalue weighted by atomic mass is 16.5. The second-order valence-corrected chi connectivity index (χ2v) is 6.36. The first-order chi connectivity index (χ1) is 9.10. The minimum absolute atomic E-state index is 0.427. The highest BCUT2D eigenvalue weighted by Crippen LogP contribution is 2.32. The van der Waals surface area contributed by atoms with Crippen molar-refractivity contribution in [3.8, 4) is 0 Å². The van der Waals surface area contributed by atoms with Crippen molar-refractivity contribution in [2.24, 2.45) is 5.92 Å². The summed E-state index contributed by atoms with van der Waals surface area (Å²) in [6.45, 7) is 3.45. The molecular formula is C15H27NO3. The Morgan fingerprint density at radius 1 is 1.26 bits per heavy atom. The van der Waals surface area contributed by atoms with Gasteiger partial charge < -0.3 is 9.84 Å². The maximum Gasteiger partial charge on any atom is 0.323 e. The molecule has 0 saturated heterocycles. The molecule has 2 fully saturated rings. The fourth-order valence-corrected chi connectivity index (χ4v) is 2.36. The predicted octanol–water partition coefficient (Wildman–Crippen LogP) is 2.57. The Kier molecular flexibility index (Phi) is 5.22. The predicted molar refractivity (Wildman–Crippen MR) is 74.2 cm³/mol. The highest BCUT2D eigenvalue weighted by Gasteiger charge is 2.37. The van der Waals surface area contributed by atoms with Gasteiger partial charge in [-0.3, -0.25) is 10.1 Å². The SMILES string of the molecule is CC(CCCCOCCC1CC1)(NC1CC1)C(=O)O. The first-order valence-electron chi connectivity index (χ1n) is 7.69. The standard InChI is InChI=1S/C15H27NO3/c1-15(14(17)18,16-13-6-7-13)9-2-3-10-19-11-8-12-4-5-12/h12-13,16H,2-11H2,1H3,(H,17,18). The Balaban J connectivity index is 1.52. The average Bonchev–Trinajstić information content (AvgIpc) is 3.22. The van der Waals surface area contributed by atoms with Gasteiger partial charge in [0.25, 0.3) is 0 Å². The number of hydrogen-bond donors (Lipinski definition) is 2. The summed E-state index contributed by atoms with van der Waals surface area (Å²) in [4.78, 5) is 11.3. The summed E-state index contributed by atoms with van der Waals surface area (Å²) in [5.41, 5.74) is -0.755. The van der Waals surface area contributed by atoms with Crippen molar-refractivity contribution >= 4 is 5.97 Å². The normalized spacial score (nSPS) is 22.2. The first-order valence-corrected chi connectivity index (χ1v) is 7.69. The third kappa shape index (κ3) is 5.49. The first kappa shape index (κ1) is 14.8. The summed E-state index contributed by atoms with van der Waals surface area (Å²) >= 11 is 0. The lowest BCUT2D eigenvalue weighted by Crippen LogP contribution is -2.50. The van der Waals surface area contributed by atoms with Crippen LogP contribution in [-0.2, 0) is 9.53 Å². The summed E-state index contributed by atoms with van der Waals surface area (Å²) in [6, 6.07) is 0.427. The van der Waals surface area contributed by atoms with Crippen LogP contribution in [0.2, 0.25) is 0 Å². The van der Waals surface area contributed by atoms with Gasteiger partial charge in [-0.15, -0.1) is 0 Å². The number of ether oxygens (including phenoxy) is 1. The second kappa shape index (κ2) is 6.71. The molecule has 1 atom stereocenters. The van der Waals surface area contributed by atoms with Gasteiger partial charge in [0.1, 0.15) is 5.54 Å². The van der Waals surface area contributed by atoms with Gasteiger partial charge in [0.05, 0.1) is 0 Å². The van der Waals surface area contributed by atoms with Crippen molar-refractivity contribution in [2.45, 2.75) is 69.9 Å². The number of hydrogen-bond acceptors (Lipinski definition) is 3. The fraction of sp³-hybridized carbons (Fsp3) is 0.933. The van der Waals surface area contributed by atoms with Gasteiger partial charge in [0.2, 0.25) is 0 Å². The molecule has 0 aromatic carbocycles. The van der Waals surface area contributed by atoms with Crippen molar-refractivity contribution in [1.82, 2.24) is 5.32 Å². The number of nitrogens with one attached hydrogen (secondary N) is 1. The van der Waals surface area contributed by atoms with E-state index in [0.29, 0.717) is 12.5 Å². The van der Waals surface area contributed by atoms with Gasteiger partial charge in [0.15, 0.2) is 0 Å². The van der Waals surface area contributed by atoms with Crippen LogP contribution in [0.3, 0.4) is 0 Å². The minimum Gasteiger partial charge on any atom is -0.480 e. The molecule has 110 valence electrons. The molecule has 2 aliphatic rings. The van der Waals surface area contributed by atoms with E-state index in [1.165, 1.54) is 19.3 Å². The zero-order valence-corrected chi connectivity index (χ0v) is 12.0. The number of unbranched alkanes of at least 4 members (excludes halogenated alkanes) is 1. The van der Waals surface area contributed by atoms with Crippen LogP contribution in [0.15, 0.2) is 0 Å². The lowest BCUT2D eigenvalue weighted by atomic mass is 9.95. The monoisotopic (exact) mass is 269 g/mol. The molecule has 4 nitrogen and oxygen atoms in total. The number of carboxylic acid groups (broad SMARTS) is 1. The van der Waals surface area contributed by atoms with Gasteiger partial charge in [-0.25, -0.2) is 0 Å². The zero-order chi connectivity index (χ0) is 13.7. The van der Waals surface area contributed by atoms with Crippen LogP contribution in [0.1, 0.15) is 58.3 Å². The molecule has 4 heteroatoms. The molecule has 0 aliphatic heterocycles. The largest absolute Gasteiger partial charge is 0.480 e. The van der Waals surface area contributed by atoms with Crippen molar-refractivity contribution in [3.63, 3.8) is 0 Å². The molecule has 2 N–H and O–H groups in total. The molecule has 2 rings (SSSR count). The van der Waals surface area contributed by atoms with Crippen LogP contribution in [-0.4, -0.2) is 35.9 Å². The van der Waals surface area contributed by atoms with Crippen LogP contribution in [0, 0.1) is 5.92 Å². The number of carbonyl (C=O) groups is 1. The van der Waals surface area contributed by atoms with E-state index in [2.05, 4.69) is 5.32 Å². The van der Waals surface area contributed by atoms with E-state index in [1.54, 1.807) is 0 Å². The van der Waals surface area contributed by atoms with Gasteiger partial charge >= 0.3 is 5.97 Å². The fourth-order valence-electron chi connectivity index (χ4n) is 2.36. The number of aliphatic carboxylic acids is 1. The maximum atomic E-state index is 11.3. The summed E-state index contributed by atoms with van der Waals surface area (Å²) in [6.07, 6.45) is 8.76. The Bertz CT molecular complexity index is 300. The summed E-state index contributed by atoms with van der Waals surface area (Å²) < 4.78 is 5.59. The Morgan fingerprint density at radius 3 is 2.58 bits per heavy atom. The van der Waals surface area contributed by atoms with E-state index in [-0.39, 0.29) is 0 Å². The van der Waals surface area contributed by atoms with Crippen LogP contribution < -0.4 is 5.32 Å². The Morgan fingerprint density at radius 2 is 2.00 bits per heavy atom. The topological polar surface area (TPSA) is 58.6 Å². The maximum absolute atomic E-state index is 11.3. The highest BCUT2D eigenvalue weighted by molar-refractivity contribution is 5.78. The van der Waals surface area contributed by atoms with Crippen LogP contribution in [0.5, 0.6) is 0 Å². The lowest BCUT2D eigenvalue weighted by Gasteiger charge is -2.26. The van der Waals surface area contributed by atoms with E-state index < -0.39 is 11.5 Å². The molecule has 2 aliphatic carbocycles. The lowest BCUT2D eigenvalue weighted by molar-refractivity contribution is -0.144. The van der Waals surface area contributed by atoms with E-state index in [9.17, 15) is 9.90 Å². The number of rotatable bonds is 11. The van der Waals surface area contributed by atoms with Gasteiger partial charge in [0, 0.05) is 19.3 Å². The summed E-state index contributed by atoms with van der Waals surface area (Å²) in [5, 5.41) is 12.6. The van der Waals surface area contributed by atoms with Crippen LogP contribution >= 0.6 is 0 Å². The third-order valence-electron chi connectivity index (χ3n) is 4.15. The quantitative estimate of drug-likeness (QED) is 0.566. The Labute approximate surface area is 115 Å². The average molecular weight is 269 g/mol. The van der Waals surface area contributed by atoms with Gasteiger partial charge in [-0.2, -0.15) is 0 Å². The Hall–Kier alpha value is -0.610. The van der Waals surface area contributed by atoms with Crippen molar-refractivity contribution in [1.29, 1.82) is 0 Å². The molecule has 0 radical (unpaired) electrons. The van der Waals surface area contributed by atoms with E-state index >= 15 is 0 Å². The van der Waals surface area contributed by atoms with Crippen LogP contribution in [0.25, 0.3) is 0 Å². The number of carboxylic acids is 1. The van der Waals surface area contributed by atoms with E-state index in [1.807, 2.05) is 6.92 Å². The smallest absolute Gasteiger partial charge is 0.323 e. The van der Waals surface area contributed by atoms with Crippen molar-refractivity contribution in [2.75, 3.05) is 13.2 Å². The second-order valence-electron chi connectivity index (χ2n) is 6.36. The van der Waals surface area contributed by atoms with Crippen molar-refractivity contribution in [3.05, 3.63) is 0 Å². The van der Waals surface area contributed by atoms with E-state index in [4.69, 9.17) is 4.74 Å². The summed E-state index contributed by atoms with van der Waals surface area (Å²) in [5.74, 6) is 0.201. The molecular weight excluding hydrogens is 242 g/mol. The van der Waals surface area contributed by atoms with Crippen LogP contribution in [0.4, 0.5) is 0 Å². The molecule has 0 aromatic heterocycles. The molecule has 0 bridgehead atoms. The zero-order valence-electron chi connectivity index (χ0n) is 12.0. The summed E-state index contributed by atoms with van der Waals surface area (Å²) in [7, 11) is 0. The molecule has 0 spiro atoms. The molecule has 1 unspecified atom stereocenters. The molecule has 0 heterocycles. The van der Waals surface area contributed by atoms with Gasteiger partial charge in [-0.05, 0) is 51.4 Å². The van der Waals surface area contributed by atoms with E-state index in [0.717, 1.165) is 44.8 Å². The third-order valence-corrected chi connectivity index (χ3v) is 4.15. The molecule has 2 saturated carbocycles. The minimum atomic E-state index is -0.755. The van der Waals surface area contributed by atoms with Gasteiger partial charge in [-0.1, -0.05) is 12.8 Å². The molecule has 0 amide bonds. The molecule has 0 aromatic rings. The molecule has 19 heavy (non-hydrogen) atoms. The van der Waals surface area contributed by atoms with Crippen molar-refractivity contribution < 1.29 is 14.6 Å².